The van der Waals surface area contributed by atoms with E-state index in [-0.39, 0.29) is 35.6 Å². The second-order valence-electron chi connectivity index (χ2n) is 5.77. The summed E-state index contributed by atoms with van der Waals surface area (Å²) in [6, 6.07) is 0. The first-order valence-electron chi connectivity index (χ1n) is 9.78. The van der Waals surface area contributed by atoms with Gasteiger partial charge in [-0.2, -0.15) is 4.39 Å². The Bertz CT molecular complexity index is 1100. The second kappa shape index (κ2) is 12.7. The molecule has 12 nitrogen and oxygen atoms in total. The number of rotatable bonds is 10. The Morgan fingerprint density at radius 2 is 1.21 bits per heavy atom. The van der Waals surface area contributed by atoms with Crippen molar-refractivity contribution >= 4 is 35.3 Å². The molecule has 1 aromatic heterocycles. The van der Waals surface area contributed by atoms with Gasteiger partial charge in [-0.1, -0.05) is 0 Å². The van der Waals surface area contributed by atoms with Crippen LogP contribution in [0.5, 0.6) is 0 Å². The number of nitrogens with zero attached hydrogens (tertiary/aromatic N) is 2. The summed E-state index contributed by atoms with van der Waals surface area (Å²) in [5, 5.41) is 0. The molecule has 0 saturated heterocycles. The molecule has 0 aromatic carbocycles. The minimum atomic E-state index is -1.63. The average molecular weight is 470 g/mol. The van der Waals surface area contributed by atoms with Gasteiger partial charge < -0.3 is 18.9 Å². The molecule has 180 valence electrons. The summed E-state index contributed by atoms with van der Waals surface area (Å²) in [5.74, 6) is -6.36. The van der Waals surface area contributed by atoms with Gasteiger partial charge >= 0.3 is 29.6 Å². The molecule has 1 aromatic rings. The molecule has 1 heterocycles. The molecule has 0 unspecified atom stereocenters. The fraction of sp³-hybridized carbons (Fsp3) is 0.400. The Morgan fingerprint density at radius 3 is 1.67 bits per heavy atom. The van der Waals surface area contributed by atoms with Crippen molar-refractivity contribution in [3.8, 4) is 0 Å². The number of esters is 4. The highest BCUT2D eigenvalue weighted by Gasteiger charge is 2.26. The van der Waals surface area contributed by atoms with Crippen LogP contribution in [-0.4, -0.2) is 59.4 Å². The lowest BCUT2D eigenvalue weighted by atomic mass is 10.3. The van der Waals surface area contributed by atoms with Gasteiger partial charge in [-0.15, -0.1) is 0 Å². The van der Waals surface area contributed by atoms with Crippen molar-refractivity contribution in [3.05, 3.63) is 45.0 Å². The number of aromatic nitrogens is 2. The standard InChI is InChI=1S/C20H23FN2O10/c1-5-30-15(24)9-13(18(27)32-7-3)22-11-12(21)17(26)23(20(22)29)14(19(28)33-8-4)10-16(25)31-6-2/h9-11H,5-8H2,1-4H3/b13-9-,14-10-. The largest absolute Gasteiger partial charge is 0.463 e. The number of carbonyl (C=O) groups excluding carboxylic acids is 4. The fourth-order valence-electron chi connectivity index (χ4n) is 2.35. The molecule has 0 amide bonds. The molecule has 1 rings (SSSR count). The molecule has 0 bridgehead atoms. The van der Waals surface area contributed by atoms with Gasteiger partial charge in [-0.25, -0.2) is 28.5 Å². The van der Waals surface area contributed by atoms with E-state index in [1.54, 1.807) is 0 Å². The fourth-order valence-corrected chi connectivity index (χ4v) is 2.35. The van der Waals surface area contributed by atoms with Gasteiger partial charge in [0.05, 0.1) is 44.8 Å². The minimum absolute atomic E-state index is 0.0253. The van der Waals surface area contributed by atoms with Crippen molar-refractivity contribution in [2.24, 2.45) is 0 Å². The smallest absolute Gasteiger partial charge is 0.355 e. The van der Waals surface area contributed by atoms with Gasteiger partial charge in [-0.05, 0) is 27.7 Å². The van der Waals surface area contributed by atoms with E-state index in [2.05, 4.69) is 4.74 Å². The van der Waals surface area contributed by atoms with Crippen LogP contribution >= 0.6 is 0 Å². The average Bonchev–Trinajstić information content (AvgIpc) is 2.75. The molecular formula is C20H23FN2O10. The zero-order chi connectivity index (χ0) is 25.1. The van der Waals surface area contributed by atoms with Crippen molar-refractivity contribution in [2.45, 2.75) is 27.7 Å². The first-order chi connectivity index (χ1) is 15.6. The number of carbonyl (C=O) groups is 4. The Balaban J connectivity index is 3.95. The minimum Gasteiger partial charge on any atom is -0.463 e. The van der Waals surface area contributed by atoms with Gasteiger partial charge in [0.1, 0.15) is 11.4 Å². The molecule has 0 fully saturated rings. The van der Waals surface area contributed by atoms with Crippen LogP contribution in [0, 0.1) is 5.82 Å². The topological polar surface area (TPSA) is 149 Å². The summed E-state index contributed by atoms with van der Waals surface area (Å²) in [6.07, 6.45) is 1.35. The van der Waals surface area contributed by atoms with Crippen LogP contribution in [0.3, 0.4) is 0 Å². The Labute approximate surface area is 186 Å². The van der Waals surface area contributed by atoms with E-state index in [4.69, 9.17) is 14.2 Å². The second-order valence-corrected chi connectivity index (χ2v) is 5.77. The van der Waals surface area contributed by atoms with Crippen LogP contribution in [0.25, 0.3) is 11.4 Å². The predicted octanol–water partition coefficient (Wildman–Crippen LogP) is 0.0833. The van der Waals surface area contributed by atoms with Crippen LogP contribution in [0.1, 0.15) is 27.7 Å². The number of hydrogen-bond acceptors (Lipinski definition) is 10. The molecule has 0 saturated carbocycles. The van der Waals surface area contributed by atoms with E-state index < -0.39 is 52.3 Å². The number of ether oxygens (including phenoxy) is 4. The monoisotopic (exact) mass is 470 g/mol. The lowest BCUT2D eigenvalue weighted by Gasteiger charge is -2.14. The van der Waals surface area contributed by atoms with Crippen LogP contribution < -0.4 is 11.2 Å². The third kappa shape index (κ3) is 6.98. The summed E-state index contributed by atoms with van der Waals surface area (Å²) in [4.78, 5) is 74.0. The van der Waals surface area contributed by atoms with Crippen molar-refractivity contribution in [3.63, 3.8) is 0 Å². The summed E-state index contributed by atoms with van der Waals surface area (Å²) in [6.45, 7) is 5.21. The van der Waals surface area contributed by atoms with Gasteiger partial charge in [0.2, 0.25) is 5.82 Å². The maximum atomic E-state index is 14.5. The van der Waals surface area contributed by atoms with E-state index in [9.17, 15) is 33.2 Å². The van der Waals surface area contributed by atoms with Crippen LogP contribution in [0.15, 0.2) is 27.9 Å². The maximum absolute atomic E-state index is 14.5. The maximum Gasteiger partial charge on any atom is 0.355 e. The van der Waals surface area contributed by atoms with Crippen molar-refractivity contribution < 1.29 is 42.5 Å². The van der Waals surface area contributed by atoms with E-state index >= 15 is 0 Å². The zero-order valence-electron chi connectivity index (χ0n) is 18.4. The molecular weight excluding hydrogens is 447 g/mol. The summed E-state index contributed by atoms with van der Waals surface area (Å²) < 4.78 is 33.7. The highest BCUT2D eigenvalue weighted by atomic mass is 19.1. The zero-order valence-corrected chi connectivity index (χ0v) is 18.4. The molecule has 0 atom stereocenters. The van der Waals surface area contributed by atoms with Gasteiger partial charge in [-0.3, -0.25) is 9.36 Å². The lowest BCUT2D eigenvalue weighted by Crippen LogP contribution is -2.43. The Morgan fingerprint density at radius 1 is 0.788 bits per heavy atom. The SMILES string of the molecule is CCOC(=O)/C=C(/C(=O)OCC)n1cc(F)c(=O)n(/C(=C\C(=O)OCC)C(=O)OCC)c1=O. The van der Waals surface area contributed by atoms with Crippen molar-refractivity contribution in [2.75, 3.05) is 26.4 Å². The Kier molecular flexibility index (Phi) is 10.4. The molecule has 0 spiro atoms. The van der Waals surface area contributed by atoms with E-state index in [0.717, 1.165) is 0 Å². The van der Waals surface area contributed by atoms with Crippen LogP contribution in [0.4, 0.5) is 4.39 Å². The molecule has 13 heteroatoms. The van der Waals surface area contributed by atoms with Gasteiger partial charge in [0, 0.05) is 0 Å². The highest BCUT2D eigenvalue weighted by molar-refractivity contribution is 6.16. The van der Waals surface area contributed by atoms with Gasteiger partial charge in [0.15, 0.2) is 0 Å². The number of halogens is 1. The van der Waals surface area contributed by atoms with Gasteiger partial charge in [0.25, 0.3) is 5.56 Å². The normalized spacial score (nSPS) is 11.5. The molecule has 0 N–H and O–H groups in total. The Hall–Kier alpha value is -4.03. The third-order valence-electron chi connectivity index (χ3n) is 3.60. The summed E-state index contributed by atoms with van der Waals surface area (Å²) >= 11 is 0. The first kappa shape index (κ1) is 27.0. The predicted molar refractivity (Wildman–Crippen MR) is 110 cm³/mol. The van der Waals surface area contributed by atoms with E-state index in [1.165, 1.54) is 27.7 Å². The van der Waals surface area contributed by atoms with Crippen molar-refractivity contribution in [1.29, 1.82) is 0 Å². The first-order valence-corrected chi connectivity index (χ1v) is 9.78. The lowest BCUT2D eigenvalue weighted by molar-refractivity contribution is -0.139. The molecule has 0 aliphatic heterocycles. The third-order valence-corrected chi connectivity index (χ3v) is 3.60. The molecule has 0 aliphatic carbocycles. The summed E-state index contributed by atoms with van der Waals surface area (Å²) in [5.41, 5.74) is -4.89. The number of hydrogen-bond donors (Lipinski definition) is 0. The molecule has 0 aliphatic rings. The van der Waals surface area contributed by atoms with Crippen LogP contribution in [-0.2, 0) is 38.1 Å². The summed E-state index contributed by atoms with van der Waals surface area (Å²) in [7, 11) is 0. The molecule has 33 heavy (non-hydrogen) atoms. The van der Waals surface area contributed by atoms with Crippen molar-refractivity contribution in [1.82, 2.24) is 9.13 Å². The highest BCUT2D eigenvalue weighted by Crippen LogP contribution is 2.09. The quantitative estimate of drug-likeness (QED) is 0.261. The molecule has 0 radical (unpaired) electrons. The van der Waals surface area contributed by atoms with E-state index in [1.807, 2.05) is 0 Å². The van der Waals surface area contributed by atoms with E-state index in [0.29, 0.717) is 18.3 Å². The van der Waals surface area contributed by atoms with Crippen LogP contribution in [0.2, 0.25) is 0 Å².